The minimum absolute atomic E-state index is 0.172. The van der Waals surface area contributed by atoms with Crippen molar-refractivity contribution in [1.29, 1.82) is 0 Å². The number of hydrogen-bond acceptors (Lipinski definition) is 9. The molecule has 9 nitrogen and oxygen atoms in total. The fourth-order valence-electron chi connectivity index (χ4n) is 3.09. The van der Waals surface area contributed by atoms with Gasteiger partial charge in [0.1, 0.15) is 24.4 Å². The van der Waals surface area contributed by atoms with Crippen LogP contribution >= 0.6 is 12.1 Å². The van der Waals surface area contributed by atoms with E-state index in [1.165, 1.54) is 0 Å². The van der Waals surface area contributed by atoms with E-state index in [1.807, 2.05) is 19.9 Å². The normalized spacial score (nSPS) is 13.4. The maximum absolute atomic E-state index is 12.5. The summed E-state index contributed by atoms with van der Waals surface area (Å²) >= 11 is 0.743. The number of para-hydroxylation sites is 2. The van der Waals surface area contributed by atoms with E-state index in [0.29, 0.717) is 23.7 Å². The van der Waals surface area contributed by atoms with Gasteiger partial charge in [-0.3, -0.25) is 9.59 Å². The van der Waals surface area contributed by atoms with Gasteiger partial charge in [-0.2, -0.15) is 0 Å². The Labute approximate surface area is 196 Å². The summed E-state index contributed by atoms with van der Waals surface area (Å²) in [6.45, 7) is 5.14. The Kier molecular flexibility index (Phi) is 8.18. The van der Waals surface area contributed by atoms with Gasteiger partial charge in [0.25, 0.3) is 0 Å². The minimum Gasteiger partial charge on any atom is -0.483 e. The molecule has 0 saturated heterocycles. The number of benzene rings is 2. The Morgan fingerprint density at radius 3 is 2.55 bits per heavy atom. The van der Waals surface area contributed by atoms with Gasteiger partial charge in [0.2, 0.25) is 0 Å². The van der Waals surface area contributed by atoms with Crippen LogP contribution in [0.4, 0.5) is 4.79 Å². The third-order valence-corrected chi connectivity index (χ3v) is 5.17. The van der Waals surface area contributed by atoms with Crippen molar-refractivity contribution in [2.45, 2.75) is 32.8 Å². The van der Waals surface area contributed by atoms with E-state index >= 15 is 0 Å². The van der Waals surface area contributed by atoms with E-state index in [9.17, 15) is 14.4 Å². The lowest BCUT2D eigenvalue weighted by atomic mass is 10.0. The first-order chi connectivity index (χ1) is 15.8. The van der Waals surface area contributed by atoms with Crippen molar-refractivity contribution in [3.05, 3.63) is 54.1 Å². The van der Waals surface area contributed by atoms with Gasteiger partial charge in [-0.15, -0.1) is 0 Å². The molecule has 2 aromatic carbocycles. The molecule has 0 atom stereocenters. The summed E-state index contributed by atoms with van der Waals surface area (Å²) in [7, 11) is 0. The molecule has 1 aliphatic heterocycles. The third kappa shape index (κ3) is 7.13. The lowest BCUT2D eigenvalue weighted by Crippen LogP contribution is -2.36. The molecule has 0 aromatic heterocycles. The number of rotatable bonds is 9. The van der Waals surface area contributed by atoms with Crippen molar-refractivity contribution in [3.63, 3.8) is 0 Å². The first-order valence-electron chi connectivity index (χ1n) is 10.4. The van der Waals surface area contributed by atoms with E-state index in [4.69, 9.17) is 18.9 Å². The van der Waals surface area contributed by atoms with Crippen LogP contribution in [0, 0.1) is 0 Å². The van der Waals surface area contributed by atoms with Crippen molar-refractivity contribution in [3.8, 4) is 17.2 Å². The summed E-state index contributed by atoms with van der Waals surface area (Å²) in [5.41, 5.74) is 0.600. The molecule has 0 fully saturated rings. The zero-order chi connectivity index (χ0) is 23.8. The number of fused-ring (bicyclic) bond motifs is 1. The SMILES string of the molecule is CCOC(=O)CN(SNCC(=O)Oc1cccc2c1OC(C)(C)C2)C(=O)Oc1ccccc1. The van der Waals surface area contributed by atoms with E-state index in [-0.39, 0.29) is 25.3 Å². The van der Waals surface area contributed by atoms with Gasteiger partial charge < -0.3 is 18.9 Å². The molecule has 0 radical (unpaired) electrons. The van der Waals surface area contributed by atoms with E-state index < -0.39 is 18.0 Å². The Morgan fingerprint density at radius 2 is 1.82 bits per heavy atom. The van der Waals surface area contributed by atoms with Crippen LogP contribution in [0.15, 0.2) is 48.5 Å². The molecule has 0 aliphatic carbocycles. The van der Waals surface area contributed by atoms with E-state index in [2.05, 4.69) is 4.72 Å². The summed E-state index contributed by atoms with van der Waals surface area (Å²) in [5.74, 6) is 0.00793. The lowest BCUT2D eigenvalue weighted by Gasteiger charge is -2.20. The highest BCUT2D eigenvalue weighted by molar-refractivity contribution is 7.95. The number of nitrogens with zero attached hydrogens (tertiary/aromatic N) is 1. The summed E-state index contributed by atoms with van der Waals surface area (Å²) in [4.78, 5) is 36.8. The maximum Gasteiger partial charge on any atom is 0.426 e. The second-order valence-corrected chi connectivity index (χ2v) is 8.60. The first-order valence-corrected chi connectivity index (χ1v) is 11.2. The van der Waals surface area contributed by atoms with Crippen molar-refractivity contribution >= 4 is 30.2 Å². The van der Waals surface area contributed by atoms with Gasteiger partial charge in [0.15, 0.2) is 11.5 Å². The molecule has 0 unspecified atom stereocenters. The zero-order valence-corrected chi connectivity index (χ0v) is 19.5. The highest BCUT2D eigenvalue weighted by Crippen LogP contribution is 2.41. The molecule has 176 valence electrons. The Bertz CT molecular complexity index is 998. The van der Waals surface area contributed by atoms with Crippen LogP contribution in [0.2, 0.25) is 0 Å². The number of carbonyl (C=O) groups is 3. The number of amides is 1. The fourth-order valence-corrected chi connectivity index (χ4v) is 3.71. The van der Waals surface area contributed by atoms with Crippen molar-refractivity contribution in [2.75, 3.05) is 19.7 Å². The van der Waals surface area contributed by atoms with Crippen LogP contribution in [0.5, 0.6) is 17.2 Å². The van der Waals surface area contributed by atoms with Gasteiger partial charge in [-0.25, -0.2) is 13.8 Å². The largest absolute Gasteiger partial charge is 0.483 e. The standard InChI is InChI=1S/C23H26N2O7S/c1-4-29-20(27)15-25(22(28)30-17-10-6-5-7-11-17)33-24-14-19(26)31-18-12-8-9-16-13-23(2,3)32-21(16)18/h5-12,24H,4,13-15H2,1-3H3. The minimum atomic E-state index is -0.795. The van der Waals surface area contributed by atoms with Crippen molar-refractivity contribution in [2.24, 2.45) is 0 Å². The second kappa shape index (κ2) is 11.1. The number of ether oxygens (including phenoxy) is 4. The quantitative estimate of drug-likeness (QED) is 0.332. The van der Waals surface area contributed by atoms with E-state index in [0.717, 1.165) is 22.0 Å². The number of hydrogen-bond donors (Lipinski definition) is 1. The van der Waals surface area contributed by atoms with Crippen LogP contribution < -0.4 is 18.9 Å². The molecular formula is C23H26N2O7S. The highest BCUT2D eigenvalue weighted by atomic mass is 32.2. The monoisotopic (exact) mass is 474 g/mol. The zero-order valence-electron chi connectivity index (χ0n) is 18.7. The van der Waals surface area contributed by atoms with Gasteiger partial charge in [0.05, 0.1) is 6.61 Å². The smallest absolute Gasteiger partial charge is 0.426 e. The van der Waals surface area contributed by atoms with Crippen molar-refractivity contribution in [1.82, 2.24) is 9.03 Å². The van der Waals surface area contributed by atoms with Crippen LogP contribution in [0.25, 0.3) is 0 Å². The molecule has 1 heterocycles. The summed E-state index contributed by atoms with van der Waals surface area (Å²) in [5, 5.41) is 0. The molecule has 0 saturated carbocycles. The van der Waals surface area contributed by atoms with Gasteiger partial charge in [-0.1, -0.05) is 30.3 Å². The van der Waals surface area contributed by atoms with Crippen molar-refractivity contribution < 1.29 is 33.3 Å². The summed E-state index contributed by atoms with van der Waals surface area (Å²) in [6.07, 6.45) is -0.0783. The van der Waals surface area contributed by atoms with Gasteiger partial charge >= 0.3 is 18.0 Å². The maximum atomic E-state index is 12.5. The molecule has 0 spiro atoms. The van der Waals surface area contributed by atoms with Crippen LogP contribution in [0.3, 0.4) is 0 Å². The van der Waals surface area contributed by atoms with Crippen LogP contribution in [-0.4, -0.2) is 47.6 Å². The third-order valence-electron chi connectivity index (χ3n) is 4.40. The molecule has 10 heteroatoms. The molecule has 1 N–H and O–H groups in total. The molecular weight excluding hydrogens is 448 g/mol. The average molecular weight is 475 g/mol. The highest BCUT2D eigenvalue weighted by Gasteiger charge is 2.32. The Hall–Kier alpha value is -3.24. The summed E-state index contributed by atoms with van der Waals surface area (Å²) in [6, 6.07) is 13.8. The average Bonchev–Trinajstić information content (AvgIpc) is 3.09. The van der Waals surface area contributed by atoms with Gasteiger partial charge in [0, 0.05) is 24.1 Å². The second-order valence-electron chi connectivity index (χ2n) is 7.69. The fraction of sp³-hybridized carbons (Fsp3) is 0.348. The molecule has 3 rings (SSSR count). The number of carbonyl (C=O) groups excluding carboxylic acids is 3. The molecule has 2 aromatic rings. The molecule has 33 heavy (non-hydrogen) atoms. The van der Waals surface area contributed by atoms with E-state index in [1.54, 1.807) is 49.4 Å². The topological polar surface area (TPSA) is 103 Å². The Balaban J connectivity index is 1.56. The van der Waals surface area contributed by atoms with Crippen LogP contribution in [-0.2, 0) is 20.7 Å². The summed E-state index contributed by atoms with van der Waals surface area (Å²) < 4.78 is 25.3. The van der Waals surface area contributed by atoms with Crippen LogP contribution in [0.1, 0.15) is 26.3 Å². The Morgan fingerprint density at radius 1 is 1.06 bits per heavy atom. The van der Waals surface area contributed by atoms with Gasteiger partial charge in [-0.05, 0) is 39.0 Å². The predicted octanol–water partition coefficient (Wildman–Crippen LogP) is 3.52. The number of nitrogens with one attached hydrogen (secondary N) is 1. The predicted molar refractivity (Wildman–Crippen MR) is 122 cm³/mol. The molecule has 0 bridgehead atoms. The molecule has 1 aliphatic rings. The number of esters is 2. The first kappa shape index (κ1) is 24.4. The molecule has 1 amide bonds. The lowest BCUT2D eigenvalue weighted by molar-refractivity contribution is -0.142.